The van der Waals surface area contributed by atoms with E-state index in [1.807, 2.05) is 18.2 Å². The predicted octanol–water partition coefficient (Wildman–Crippen LogP) is 4.75. The van der Waals surface area contributed by atoms with Gasteiger partial charge in [0.2, 0.25) is 0 Å². The summed E-state index contributed by atoms with van der Waals surface area (Å²) in [6, 6.07) is 14.1. The third kappa shape index (κ3) is 2.09. The molecule has 1 atom stereocenters. The molecular weight excluding hydrogens is 265 g/mol. The standard InChI is InChI=1S/C15H13Cl2N/c16-13-6-3-7-14(17)15(13)18-9-11-8-10-4-1-2-5-12(10)11/h1-7,11,18H,8-9H2. The first-order valence-electron chi connectivity index (χ1n) is 6.01. The molecule has 0 bridgehead atoms. The van der Waals surface area contributed by atoms with Crippen molar-refractivity contribution in [2.24, 2.45) is 0 Å². The van der Waals surface area contributed by atoms with Crippen LogP contribution in [0.2, 0.25) is 10.0 Å². The molecule has 92 valence electrons. The van der Waals surface area contributed by atoms with Crippen LogP contribution in [-0.4, -0.2) is 6.54 Å². The number of benzene rings is 2. The van der Waals surface area contributed by atoms with Crippen LogP contribution in [0, 0.1) is 0 Å². The van der Waals surface area contributed by atoms with E-state index >= 15 is 0 Å². The minimum absolute atomic E-state index is 0.563. The van der Waals surface area contributed by atoms with E-state index in [9.17, 15) is 0 Å². The molecule has 2 aromatic carbocycles. The number of halogens is 2. The highest BCUT2D eigenvalue weighted by Crippen LogP contribution is 2.36. The Bertz CT molecular complexity index is 560. The highest BCUT2D eigenvalue weighted by molar-refractivity contribution is 6.39. The van der Waals surface area contributed by atoms with Crippen LogP contribution in [0.25, 0.3) is 0 Å². The Kier molecular flexibility index (Phi) is 3.19. The fraction of sp³-hybridized carbons (Fsp3) is 0.200. The lowest BCUT2D eigenvalue weighted by Crippen LogP contribution is -2.24. The topological polar surface area (TPSA) is 12.0 Å². The van der Waals surface area contributed by atoms with E-state index in [0.717, 1.165) is 18.7 Å². The monoisotopic (exact) mass is 277 g/mol. The van der Waals surface area contributed by atoms with Gasteiger partial charge in [0.15, 0.2) is 0 Å². The molecule has 3 rings (SSSR count). The molecule has 1 nitrogen and oxygen atoms in total. The molecule has 3 heteroatoms. The third-order valence-electron chi connectivity index (χ3n) is 3.45. The second-order valence-corrected chi connectivity index (χ2v) is 5.39. The van der Waals surface area contributed by atoms with Crippen molar-refractivity contribution in [3.05, 3.63) is 63.6 Å². The van der Waals surface area contributed by atoms with Gasteiger partial charge in [-0.3, -0.25) is 0 Å². The van der Waals surface area contributed by atoms with Crippen LogP contribution in [0.1, 0.15) is 17.0 Å². The van der Waals surface area contributed by atoms with Gasteiger partial charge in [-0.1, -0.05) is 53.5 Å². The molecular formula is C15H13Cl2N. The molecule has 0 saturated heterocycles. The van der Waals surface area contributed by atoms with Gasteiger partial charge in [-0.25, -0.2) is 0 Å². The summed E-state index contributed by atoms with van der Waals surface area (Å²) in [5.41, 5.74) is 3.73. The first kappa shape index (κ1) is 11.9. The Morgan fingerprint density at radius 2 is 1.72 bits per heavy atom. The summed E-state index contributed by atoms with van der Waals surface area (Å²) in [6.07, 6.45) is 1.13. The summed E-state index contributed by atoms with van der Waals surface area (Å²) in [5.74, 6) is 0.563. The number of nitrogens with one attached hydrogen (secondary N) is 1. The maximum Gasteiger partial charge on any atom is 0.0719 e. The lowest BCUT2D eigenvalue weighted by molar-refractivity contribution is 0.636. The average molecular weight is 278 g/mol. The van der Waals surface area contributed by atoms with Crippen molar-refractivity contribution in [2.45, 2.75) is 12.3 Å². The van der Waals surface area contributed by atoms with Crippen molar-refractivity contribution < 1.29 is 0 Å². The van der Waals surface area contributed by atoms with Crippen molar-refractivity contribution in [2.75, 3.05) is 11.9 Å². The zero-order chi connectivity index (χ0) is 12.5. The van der Waals surface area contributed by atoms with Crippen molar-refractivity contribution in [1.82, 2.24) is 0 Å². The van der Waals surface area contributed by atoms with Gasteiger partial charge in [-0.2, -0.15) is 0 Å². The number of rotatable bonds is 3. The Balaban J connectivity index is 1.70. The van der Waals surface area contributed by atoms with Crippen LogP contribution < -0.4 is 5.32 Å². The van der Waals surface area contributed by atoms with Crippen molar-refractivity contribution >= 4 is 28.9 Å². The third-order valence-corrected chi connectivity index (χ3v) is 4.08. The summed E-state index contributed by atoms with van der Waals surface area (Å²) in [4.78, 5) is 0. The van der Waals surface area contributed by atoms with E-state index in [4.69, 9.17) is 23.2 Å². The minimum Gasteiger partial charge on any atom is -0.382 e. The lowest BCUT2D eigenvalue weighted by atomic mass is 9.77. The Labute approximate surface area is 117 Å². The molecule has 1 aliphatic carbocycles. The molecule has 1 aliphatic rings. The Morgan fingerprint density at radius 3 is 2.44 bits per heavy atom. The lowest BCUT2D eigenvalue weighted by Gasteiger charge is -2.30. The van der Waals surface area contributed by atoms with Crippen LogP contribution >= 0.6 is 23.2 Å². The Morgan fingerprint density at radius 1 is 1.00 bits per heavy atom. The molecule has 0 aromatic heterocycles. The van der Waals surface area contributed by atoms with Crippen LogP contribution in [-0.2, 0) is 6.42 Å². The predicted molar refractivity (Wildman–Crippen MR) is 77.8 cm³/mol. The van der Waals surface area contributed by atoms with Gasteiger partial charge in [0, 0.05) is 12.5 Å². The second-order valence-electron chi connectivity index (χ2n) is 4.58. The highest BCUT2D eigenvalue weighted by Gasteiger charge is 2.25. The smallest absolute Gasteiger partial charge is 0.0719 e. The van der Waals surface area contributed by atoms with E-state index in [1.54, 1.807) is 0 Å². The first-order chi connectivity index (χ1) is 8.75. The van der Waals surface area contributed by atoms with Crippen molar-refractivity contribution in [3.8, 4) is 0 Å². The maximum absolute atomic E-state index is 6.13. The highest BCUT2D eigenvalue weighted by atomic mass is 35.5. The maximum atomic E-state index is 6.13. The fourth-order valence-corrected chi connectivity index (χ4v) is 2.97. The molecule has 1 unspecified atom stereocenters. The Hall–Kier alpha value is -1.18. The number of hydrogen-bond acceptors (Lipinski definition) is 1. The van der Waals surface area contributed by atoms with Gasteiger partial charge < -0.3 is 5.32 Å². The largest absolute Gasteiger partial charge is 0.382 e. The first-order valence-corrected chi connectivity index (χ1v) is 6.77. The van der Waals surface area contributed by atoms with Crippen LogP contribution in [0.15, 0.2) is 42.5 Å². The van der Waals surface area contributed by atoms with Gasteiger partial charge in [0.25, 0.3) is 0 Å². The fourth-order valence-electron chi connectivity index (χ4n) is 2.44. The zero-order valence-corrected chi connectivity index (χ0v) is 11.3. The summed E-state index contributed by atoms with van der Waals surface area (Å²) >= 11 is 12.3. The van der Waals surface area contributed by atoms with Gasteiger partial charge in [-0.05, 0) is 29.7 Å². The molecule has 0 spiro atoms. The van der Waals surface area contributed by atoms with E-state index in [-0.39, 0.29) is 0 Å². The number of fused-ring (bicyclic) bond motifs is 1. The van der Waals surface area contributed by atoms with Crippen LogP contribution in [0.3, 0.4) is 0 Å². The quantitative estimate of drug-likeness (QED) is 0.854. The normalized spacial score (nSPS) is 16.9. The summed E-state index contributed by atoms with van der Waals surface area (Å²) in [7, 11) is 0. The molecule has 2 aromatic rings. The summed E-state index contributed by atoms with van der Waals surface area (Å²) in [5, 5.41) is 4.71. The molecule has 18 heavy (non-hydrogen) atoms. The van der Waals surface area contributed by atoms with E-state index in [0.29, 0.717) is 16.0 Å². The molecule has 0 fully saturated rings. The molecule has 0 aliphatic heterocycles. The zero-order valence-electron chi connectivity index (χ0n) is 9.79. The molecule has 1 N–H and O–H groups in total. The van der Waals surface area contributed by atoms with Crippen LogP contribution in [0.5, 0.6) is 0 Å². The van der Waals surface area contributed by atoms with Gasteiger partial charge in [0.05, 0.1) is 15.7 Å². The number of anilines is 1. The number of hydrogen-bond donors (Lipinski definition) is 1. The molecule has 0 heterocycles. The minimum atomic E-state index is 0.563. The van der Waals surface area contributed by atoms with Gasteiger partial charge >= 0.3 is 0 Å². The van der Waals surface area contributed by atoms with E-state index in [1.165, 1.54) is 11.1 Å². The van der Waals surface area contributed by atoms with Gasteiger partial charge in [0.1, 0.15) is 0 Å². The van der Waals surface area contributed by atoms with Crippen molar-refractivity contribution in [1.29, 1.82) is 0 Å². The molecule has 0 amide bonds. The van der Waals surface area contributed by atoms with E-state index < -0.39 is 0 Å². The SMILES string of the molecule is Clc1cccc(Cl)c1NCC1Cc2ccccc21. The average Bonchev–Trinajstić information content (AvgIpc) is 2.33. The molecule has 0 saturated carbocycles. The summed E-state index contributed by atoms with van der Waals surface area (Å²) in [6.45, 7) is 0.875. The number of para-hydroxylation sites is 1. The molecule has 0 radical (unpaired) electrons. The van der Waals surface area contributed by atoms with Gasteiger partial charge in [-0.15, -0.1) is 0 Å². The van der Waals surface area contributed by atoms with Crippen LogP contribution in [0.4, 0.5) is 5.69 Å². The second kappa shape index (κ2) is 4.83. The van der Waals surface area contributed by atoms with E-state index in [2.05, 4.69) is 29.6 Å². The van der Waals surface area contributed by atoms with Crippen molar-refractivity contribution in [3.63, 3.8) is 0 Å². The summed E-state index contributed by atoms with van der Waals surface area (Å²) < 4.78 is 0.